The fourth-order valence-corrected chi connectivity index (χ4v) is 2.06. The summed E-state index contributed by atoms with van der Waals surface area (Å²) < 4.78 is 1.84. The lowest BCUT2D eigenvalue weighted by atomic mass is 10.3. The van der Waals surface area contributed by atoms with Crippen LogP contribution in [-0.2, 0) is 11.2 Å². The number of pyridine rings is 1. The maximum atomic E-state index is 10.7. The molecular weight excluding hydrogens is 254 g/mol. The molecule has 1 N–H and O–H groups in total. The zero-order chi connectivity index (χ0) is 14.5. The smallest absolute Gasteiger partial charge is 0.309 e. The van der Waals surface area contributed by atoms with Crippen LogP contribution in [0.1, 0.15) is 5.69 Å². The maximum Gasteiger partial charge on any atom is 0.309 e. The van der Waals surface area contributed by atoms with Crippen LogP contribution in [-0.4, -0.2) is 33.6 Å². The molecule has 2 rings (SSSR count). The summed E-state index contributed by atoms with van der Waals surface area (Å²) in [5.41, 5.74) is 2.30. The lowest BCUT2D eigenvalue weighted by molar-refractivity contribution is -0.136. The number of aliphatic carboxylic acids is 1. The van der Waals surface area contributed by atoms with Gasteiger partial charge in [0.25, 0.3) is 0 Å². The molecule has 0 aliphatic heterocycles. The maximum absolute atomic E-state index is 10.7. The van der Waals surface area contributed by atoms with Gasteiger partial charge in [-0.15, -0.1) is 13.2 Å². The molecule has 2 aromatic heterocycles. The molecule has 0 saturated heterocycles. The summed E-state index contributed by atoms with van der Waals surface area (Å²) in [5, 5.41) is 8.80. The summed E-state index contributed by atoms with van der Waals surface area (Å²) in [6, 6.07) is 3.83. The highest BCUT2D eigenvalue weighted by molar-refractivity contribution is 5.70. The van der Waals surface area contributed by atoms with Gasteiger partial charge in [-0.2, -0.15) is 0 Å². The topological polar surface area (TPSA) is 57.8 Å². The molecule has 2 heterocycles. The van der Waals surface area contributed by atoms with Crippen molar-refractivity contribution in [2.75, 3.05) is 18.0 Å². The van der Waals surface area contributed by atoms with Crippen LogP contribution in [0.2, 0.25) is 0 Å². The highest BCUT2D eigenvalue weighted by Crippen LogP contribution is 2.16. The highest BCUT2D eigenvalue weighted by atomic mass is 16.4. The Kier molecular flexibility index (Phi) is 4.20. The number of anilines is 1. The second-order valence-electron chi connectivity index (χ2n) is 4.44. The molecule has 0 aromatic carbocycles. The Balaban J connectivity index is 2.33. The Morgan fingerprint density at radius 1 is 1.30 bits per heavy atom. The fourth-order valence-electron chi connectivity index (χ4n) is 2.06. The predicted octanol–water partition coefficient (Wildman–Crippen LogP) is 2.14. The number of rotatable bonds is 7. The van der Waals surface area contributed by atoms with Gasteiger partial charge in [0, 0.05) is 25.5 Å². The predicted molar refractivity (Wildman–Crippen MR) is 79.1 cm³/mol. The molecule has 0 aliphatic rings. The number of imidazole rings is 1. The minimum Gasteiger partial charge on any atom is -0.481 e. The summed E-state index contributed by atoms with van der Waals surface area (Å²) in [7, 11) is 0. The zero-order valence-corrected chi connectivity index (χ0v) is 11.2. The average Bonchev–Trinajstić information content (AvgIpc) is 2.78. The zero-order valence-electron chi connectivity index (χ0n) is 11.2. The van der Waals surface area contributed by atoms with E-state index in [1.165, 1.54) is 0 Å². The number of hydrogen-bond acceptors (Lipinski definition) is 3. The molecule has 0 fully saturated rings. The van der Waals surface area contributed by atoms with Gasteiger partial charge in [-0.25, -0.2) is 4.98 Å². The molecule has 0 bridgehead atoms. The largest absolute Gasteiger partial charge is 0.481 e. The lowest BCUT2D eigenvalue weighted by Crippen LogP contribution is -2.23. The first-order valence-corrected chi connectivity index (χ1v) is 6.30. The Morgan fingerprint density at radius 3 is 2.60 bits per heavy atom. The number of aromatic nitrogens is 2. The van der Waals surface area contributed by atoms with Crippen molar-refractivity contribution in [2.45, 2.75) is 6.42 Å². The summed E-state index contributed by atoms with van der Waals surface area (Å²) in [5.74, 6) is -0.881. The monoisotopic (exact) mass is 271 g/mol. The van der Waals surface area contributed by atoms with Gasteiger partial charge in [-0.05, 0) is 12.1 Å². The minimum atomic E-state index is -0.881. The van der Waals surface area contributed by atoms with Gasteiger partial charge < -0.3 is 14.4 Å². The van der Waals surface area contributed by atoms with Crippen molar-refractivity contribution in [3.63, 3.8) is 0 Å². The van der Waals surface area contributed by atoms with Crippen LogP contribution in [0.4, 0.5) is 5.69 Å². The minimum absolute atomic E-state index is 0.0694. The van der Waals surface area contributed by atoms with E-state index in [2.05, 4.69) is 23.0 Å². The molecule has 0 spiro atoms. The van der Waals surface area contributed by atoms with Gasteiger partial charge in [0.2, 0.25) is 0 Å². The molecule has 0 radical (unpaired) electrons. The van der Waals surface area contributed by atoms with Crippen LogP contribution < -0.4 is 4.90 Å². The number of carboxylic acid groups (broad SMARTS) is 1. The van der Waals surface area contributed by atoms with Crippen LogP contribution in [0.25, 0.3) is 5.65 Å². The summed E-state index contributed by atoms with van der Waals surface area (Å²) >= 11 is 0. The van der Waals surface area contributed by atoms with Gasteiger partial charge in [0.05, 0.1) is 17.8 Å². The van der Waals surface area contributed by atoms with E-state index in [0.717, 1.165) is 11.3 Å². The molecule has 0 unspecified atom stereocenters. The lowest BCUT2D eigenvalue weighted by Gasteiger charge is -2.21. The third kappa shape index (κ3) is 3.06. The van der Waals surface area contributed by atoms with E-state index < -0.39 is 5.97 Å². The number of fused-ring (bicyclic) bond motifs is 1. The van der Waals surface area contributed by atoms with Gasteiger partial charge in [0.15, 0.2) is 0 Å². The second-order valence-corrected chi connectivity index (χ2v) is 4.44. The van der Waals surface area contributed by atoms with E-state index in [0.29, 0.717) is 18.8 Å². The van der Waals surface area contributed by atoms with E-state index >= 15 is 0 Å². The van der Waals surface area contributed by atoms with Crippen LogP contribution in [0, 0.1) is 0 Å². The van der Waals surface area contributed by atoms with Gasteiger partial charge >= 0.3 is 5.97 Å². The Morgan fingerprint density at radius 2 is 2.00 bits per heavy atom. The summed E-state index contributed by atoms with van der Waals surface area (Å²) in [6.45, 7) is 8.93. The molecule has 104 valence electrons. The van der Waals surface area contributed by atoms with Crippen molar-refractivity contribution in [1.29, 1.82) is 0 Å². The molecule has 0 aliphatic carbocycles. The van der Waals surface area contributed by atoms with Crippen molar-refractivity contribution < 1.29 is 9.90 Å². The van der Waals surface area contributed by atoms with E-state index in [4.69, 9.17) is 5.11 Å². The average molecular weight is 271 g/mol. The fraction of sp³-hybridized carbons (Fsp3) is 0.200. The van der Waals surface area contributed by atoms with Crippen LogP contribution in [0.3, 0.4) is 0 Å². The Bertz CT molecular complexity index is 636. The van der Waals surface area contributed by atoms with Gasteiger partial charge in [-0.1, -0.05) is 12.2 Å². The molecule has 0 atom stereocenters. The normalized spacial score (nSPS) is 10.4. The quantitative estimate of drug-likeness (QED) is 0.784. The van der Waals surface area contributed by atoms with Crippen molar-refractivity contribution in [1.82, 2.24) is 9.38 Å². The second kappa shape index (κ2) is 6.06. The van der Waals surface area contributed by atoms with E-state index in [-0.39, 0.29) is 6.42 Å². The molecule has 0 saturated carbocycles. The van der Waals surface area contributed by atoms with Crippen molar-refractivity contribution >= 4 is 17.3 Å². The van der Waals surface area contributed by atoms with E-state index in [9.17, 15) is 4.79 Å². The molecule has 2 aromatic rings. The number of hydrogen-bond donors (Lipinski definition) is 1. The first-order valence-electron chi connectivity index (χ1n) is 6.30. The van der Waals surface area contributed by atoms with E-state index in [1.54, 1.807) is 6.20 Å². The third-order valence-corrected chi connectivity index (χ3v) is 2.88. The molecule has 0 amide bonds. The number of carbonyl (C=O) groups is 1. The molecular formula is C15H17N3O2. The Labute approximate surface area is 117 Å². The van der Waals surface area contributed by atoms with Crippen molar-refractivity contribution in [2.24, 2.45) is 0 Å². The summed E-state index contributed by atoms with van der Waals surface area (Å²) in [4.78, 5) is 17.1. The SMILES string of the molecule is C=CCN(CC=C)c1ccc2nc(CC(=O)O)cn2c1. The summed E-state index contributed by atoms with van der Waals surface area (Å²) in [6.07, 6.45) is 7.27. The van der Waals surface area contributed by atoms with Crippen LogP contribution in [0.15, 0.2) is 49.8 Å². The first-order chi connectivity index (χ1) is 9.63. The molecule has 5 nitrogen and oxygen atoms in total. The van der Waals surface area contributed by atoms with Crippen LogP contribution in [0.5, 0.6) is 0 Å². The highest BCUT2D eigenvalue weighted by Gasteiger charge is 2.08. The van der Waals surface area contributed by atoms with Gasteiger partial charge in [-0.3, -0.25) is 4.79 Å². The van der Waals surface area contributed by atoms with Crippen molar-refractivity contribution in [3.8, 4) is 0 Å². The number of nitrogens with zero attached hydrogens (tertiary/aromatic N) is 3. The third-order valence-electron chi connectivity index (χ3n) is 2.88. The van der Waals surface area contributed by atoms with Gasteiger partial charge in [0.1, 0.15) is 5.65 Å². The van der Waals surface area contributed by atoms with Crippen molar-refractivity contribution in [3.05, 3.63) is 55.5 Å². The molecule has 20 heavy (non-hydrogen) atoms. The standard InChI is InChI=1S/C15H17N3O2/c1-3-7-17(8-4-2)13-5-6-14-16-12(9-15(19)20)10-18(14)11-13/h3-6,10-11H,1-2,7-9H2,(H,19,20). The first kappa shape index (κ1) is 13.9. The van der Waals surface area contributed by atoms with Crippen LogP contribution >= 0.6 is 0 Å². The van der Waals surface area contributed by atoms with E-state index in [1.807, 2.05) is 34.9 Å². The number of carboxylic acids is 1. The molecule has 5 heteroatoms. The Hall–Kier alpha value is -2.56.